The Hall–Kier alpha value is -1.61. The van der Waals surface area contributed by atoms with Gasteiger partial charge in [-0.2, -0.15) is 0 Å². The van der Waals surface area contributed by atoms with Gasteiger partial charge in [0.2, 0.25) is 0 Å². The van der Waals surface area contributed by atoms with Crippen LogP contribution in [-0.2, 0) is 15.1 Å². The van der Waals surface area contributed by atoms with E-state index in [2.05, 4.69) is 6.58 Å². The van der Waals surface area contributed by atoms with Crippen molar-refractivity contribution in [3.05, 3.63) is 48.0 Å². The first-order chi connectivity index (χ1) is 8.33. The molecule has 3 heteroatoms. The molecule has 0 amide bonds. The Balaban J connectivity index is 2.66. The summed E-state index contributed by atoms with van der Waals surface area (Å²) >= 11 is 0. The predicted molar refractivity (Wildman–Crippen MR) is 71.0 cm³/mol. The highest BCUT2D eigenvalue weighted by atomic mass is 16.5. The van der Waals surface area contributed by atoms with Crippen LogP contribution in [0.4, 0.5) is 0 Å². The van der Waals surface area contributed by atoms with Crippen molar-refractivity contribution in [2.24, 2.45) is 0 Å². The van der Waals surface area contributed by atoms with E-state index in [9.17, 15) is 9.90 Å². The van der Waals surface area contributed by atoms with E-state index in [0.29, 0.717) is 12.0 Å². The molecule has 0 aromatic heterocycles. The number of ether oxygens (including phenoxy) is 1. The van der Waals surface area contributed by atoms with Crippen molar-refractivity contribution in [2.75, 3.05) is 0 Å². The van der Waals surface area contributed by atoms with Crippen LogP contribution in [0.1, 0.15) is 32.8 Å². The molecular weight excluding hydrogens is 228 g/mol. The second-order valence-electron chi connectivity index (χ2n) is 4.84. The lowest BCUT2D eigenvalue weighted by Gasteiger charge is -2.27. The van der Waals surface area contributed by atoms with Crippen LogP contribution < -0.4 is 0 Å². The zero-order chi connectivity index (χ0) is 13.8. The van der Waals surface area contributed by atoms with E-state index < -0.39 is 11.6 Å². The molecule has 0 spiro atoms. The van der Waals surface area contributed by atoms with Crippen molar-refractivity contribution in [2.45, 2.75) is 38.9 Å². The van der Waals surface area contributed by atoms with Gasteiger partial charge in [-0.3, -0.25) is 0 Å². The van der Waals surface area contributed by atoms with Crippen molar-refractivity contribution in [3.63, 3.8) is 0 Å². The third-order valence-electron chi connectivity index (χ3n) is 2.74. The maximum absolute atomic E-state index is 11.4. The van der Waals surface area contributed by atoms with Crippen LogP contribution >= 0.6 is 0 Å². The molecule has 0 radical (unpaired) electrons. The summed E-state index contributed by atoms with van der Waals surface area (Å²) < 4.78 is 5.17. The summed E-state index contributed by atoms with van der Waals surface area (Å²) in [5.74, 6) is -0.425. The van der Waals surface area contributed by atoms with E-state index in [-0.39, 0.29) is 6.10 Å². The number of carbonyl (C=O) groups is 1. The fourth-order valence-corrected chi connectivity index (χ4v) is 1.80. The van der Waals surface area contributed by atoms with Crippen molar-refractivity contribution >= 4 is 5.97 Å². The van der Waals surface area contributed by atoms with E-state index in [4.69, 9.17) is 4.74 Å². The van der Waals surface area contributed by atoms with Crippen LogP contribution in [0.3, 0.4) is 0 Å². The summed E-state index contributed by atoms with van der Waals surface area (Å²) in [7, 11) is 0. The van der Waals surface area contributed by atoms with Crippen LogP contribution in [0.2, 0.25) is 0 Å². The van der Waals surface area contributed by atoms with Gasteiger partial charge in [0.1, 0.15) is 6.10 Å². The molecule has 2 unspecified atom stereocenters. The monoisotopic (exact) mass is 248 g/mol. The van der Waals surface area contributed by atoms with E-state index in [1.54, 1.807) is 20.8 Å². The lowest BCUT2D eigenvalue weighted by Crippen LogP contribution is -2.29. The highest BCUT2D eigenvalue weighted by molar-refractivity contribution is 5.87. The third kappa shape index (κ3) is 4.00. The van der Waals surface area contributed by atoms with Gasteiger partial charge in [-0.25, -0.2) is 4.79 Å². The number of rotatable bonds is 5. The molecule has 0 saturated heterocycles. The SMILES string of the molecule is C=C(C)C(=O)OC(C)CC(C)(O)c1ccccc1. The smallest absolute Gasteiger partial charge is 0.333 e. The second kappa shape index (κ2) is 5.83. The first-order valence-electron chi connectivity index (χ1n) is 5.97. The number of aliphatic hydroxyl groups is 1. The number of benzene rings is 1. The maximum Gasteiger partial charge on any atom is 0.333 e. The van der Waals surface area contributed by atoms with Crippen molar-refractivity contribution < 1.29 is 14.6 Å². The van der Waals surface area contributed by atoms with Gasteiger partial charge in [-0.1, -0.05) is 36.9 Å². The van der Waals surface area contributed by atoms with Gasteiger partial charge in [-0.15, -0.1) is 0 Å². The predicted octanol–water partition coefficient (Wildman–Crippen LogP) is 2.79. The molecule has 2 atom stereocenters. The normalized spacial score (nSPS) is 15.6. The highest BCUT2D eigenvalue weighted by Crippen LogP contribution is 2.26. The van der Waals surface area contributed by atoms with Crippen LogP contribution in [0, 0.1) is 0 Å². The van der Waals surface area contributed by atoms with Gasteiger partial charge in [0.25, 0.3) is 0 Å². The topological polar surface area (TPSA) is 46.5 Å². The quantitative estimate of drug-likeness (QED) is 0.644. The Morgan fingerprint density at radius 1 is 1.44 bits per heavy atom. The molecule has 0 aliphatic rings. The summed E-state index contributed by atoms with van der Waals surface area (Å²) in [6.45, 7) is 8.61. The Kier molecular flexibility index (Phi) is 4.68. The molecule has 1 rings (SSSR count). The largest absolute Gasteiger partial charge is 0.459 e. The summed E-state index contributed by atoms with van der Waals surface area (Å²) in [6, 6.07) is 9.34. The summed E-state index contributed by atoms with van der Waals surface area (Å²) in [5.41, 5.74) is 0.153. The molecule has 98 valence electrons. The molecule has 18 heavy (non-hydrogen) atoms. The molecule has 1 N–H and O–H groups in total. The van der Waals surface area contributed by atoms with Gasteiger partial charge in [0.15, 0.2) is 0 Å². The average Bonchev–Trinajstić information content (AvgIpc) is 2.29. The molecule has 1 aromatic rings. The number of hydrogen-bond acceptors (Lipinski definition) is 3. The molecular formula is C15H20O3. The van der Waals surface area contributed by atoms with Crippen molar-refractivity contribution in [1.82, 2.24) is 0 Å². The minimum absolute atomic E-state index is 0.343. The fourth-order valence-electron chi connectivity index (χ4n) is 1.80. The van der Waals surface area contributed by atoms with Gasteiger partial charge in [0.05, 0.1) is 5.60 Å². The molecule has 0 aliphatic carbocycles. The van der Waals surface area contributed by atoms with Gasteiger partial charge in [-0.05, 0) is 26.3 Å². The van der Waals surface area contributed by atoms with Crippen LogP contribution in [0.5, 0.6) is 0 Å². The van der Waals surface area contributed by atoms with Gasteiger partial charge < -0.3 is 9.84 Å². The standard InChI is InChI=1S/C15H20O3/c1-11(2)14(16)18-12(3)10-15(4,17)13-8-6-5-7-9-13/h5-9,12,17H,1,10H2,2-4H3. The van der Waals surface area contributed by atoms with Crippen molar-refractivity contribution in [3.8, 4) is 0 Å². The Morgan fingerprint density at radius 2 is 2.00 bits per heavy atom. The van der Waals surface area contributed by atoms with Crippen LogP contribution in [0.25, 0.3) is 0 Å². The Morgan fingerprint density at radius 3 is 2.50 bits per heavy atom. The van der Waals surface area contributed by atoms with Crippen molar-refractivity contribution in [1.29, 1.82) is 0 Å². The van der Waals surface area contributed by atoms with E-state index in [0.717, 1.165) is 5.56 Å². The minimum Gasteiger partial charge on any atom is -0.459 e. The highest BCUT2D eigenvalue weighted by Gasteiger charge is 2.27. The summed E-state index contributed by atoms with van der Waals surface area (Å²) in [6.07, 6.45) is -0.0276. The summed E-state index contributed by atoms with van der Waals surface area (Å²) in [4.78, 5) is 11.4. The van der Waals surface area contributed by atoms with Crippen LogP contribution in [-0.4, -0.2) is 17.2 Å². The molecule has 1 aromatic carbocycles. The first-order valence-corrected chi connectivity index (χ1v) is 5.97. The van der Waals surface area contributed by atoms with Gasteiger partial charge in [0, 0.05) is 12.0 Å². The zero-order valence-electron chi connectivity index (χ0n) is 11.1. The summed E-state index contributed by atoms with van der Waals surface area (Å²) in [5, 5.41) is 10.4. The Bertz CT molecular complexity index is 421. The van der Waals surface area contributed by atoms with Crippen LogP contribution in [0.15, 0.2) is 42.5 Å². The average molecular weight is 248 g/mol. The molecule has 0 fully saturated rings. The maximum atomic E-state index is 11.4. The second-order valence-corrected chi connectivity index (χ2v) is 4.84. The lowest BCUT2D eigenvalue weighted by atomic mass is 9.90. The molecule has 0 heterocycles. The minimum atomic E-state index is -1.02. The van der Waals surface area contributed by atoms with E-state index >= 15 is 0 Å². The number of esters is 1. The molecule has 0 saturated carbocycles. The first kappa shape index (κ1) is 14.5. The Labute approximate surface area is 108 Å². The van der Waals surface area contributed by atoms with E-state index in [1.807, 2.05) is 30.3 Å². The lowest BCUT2D eigenvalue weighted by molar-refractivity contribution is -0.146. The molecule has 0 aliphatic heterocycles. The number of hydrogen-bond donors (Lipinski definition) is 1. The third-order valence-corrected chi connectivity index (χ3v) is 2.74. The molecule has 3 nitrogen and oxygen atoms in total. The van der Waals surface area contributed by atoms with Gasteiger partial charge >= 0.3 is 5.97 Å². The number of carbonyl (C=O) groups excluding carboxylic acids is 1. The molecule has 0 bridgehead atoms. The zero-order valence-corrected chi connectivity index (χ0v) is 11.1. The van der Waals surface area contributed by atoms with E-state index in [1.165, 1.54) is 0 Å². The fraction of sp³-hybridized carbons (Fsp3) is 0.400.